The molecule has 114 valence electrons. The van der Waals surface area contributed by atoms with E-state index in [1.165, 1.54) is 0 Å². The van der Waals surface area contributed by atoms with E-state index in [9.17, 15) is 9.59 Å². The molecular weight excluding hydrogens is 270 g/mol. The first kappa shape index (κ1) is 15.3. The Morgan fingerprint density at radius 2 is 1.95 bits per heavy atom. The van der Waals surface area contributed by atoms with Crippen LogP contribution in [-0.4, -0.2) is 41.9 Å². The van der Waals surface area contributed by atoms with E-state index in [1.54, 1.807) is 12.1 Å². The van der Waals surface area contributed by atoms with Gasteiger partial charge < -0.3 is 10.5 Å². The van der Waals surface area contributed by atoms with Crippen molar-refractivity contribution >= 4 is 17.5 Å². The van der Waals surface area contributed by atoms with Gasteiger partial charge in [-0.1, -0.05) is 0 Å². The second kappa shape index (κ2) is 6.13. The van der Waals surface area contributed by atoms with Crippen LogP contribution in [0.4, 0.5) is 5.69 Å². The van der Waals surface area contributed by atoms with Crippen LogP contribution in [0.1, 0.15) is 20.3 Å². The summed E-state index contributed by atoms with van der Waals surface area (Å²) >= 11 is 0. The van der Waals surface area contributed by atoms with Crippen LogP contribution in [0.15, 0.2) is 24.3 Å². The third-order valence-electron chi connectivity index (χ3n) is 3.65. The van der Waals surface area contributed by atoms with Gasteiger partial charge in [0, 0.05) is 12.2 Å². The first-order valence-corrected chi connectivity index (χ1v) is 6.97. The number of rotatable bonds is 5. The molecule has 1 aliphatic rings. The van der Waals surface area contributed by atoms with Gasteiger partial charge in [-0.15, -0.1) is 0 Å². The summed E-state index contributed by atoms with van der Waals surface area (Å²) in [6, 6.07) is 7.20. The minimum absolute atomic E-state index is 0.237. The van der Waals surface area contributed by atoms with Crippen molar-refractivity contribution in [3.8, 4) is 5.75 Å². The molecule has 6 heteroatoms. The molecule has 0 radical (unpaired) electrons. The summed E-state index contributed by atoms with van der Waals surface area (Å²) in [6.45, 7) is 5.01. The number of ether oxygens (including phenoxy) is 1. The monoisotopic (exact) mass is 291 g/mol. The Morgan fingerprint density at radius 3 is 2.62 bits per heavy atom. The van der Waals surface area contributed by atoms with E-state index in [4.69, 9.17) is 10.5 Å². The largest absolute Gasteiger partial charge is 0.494 e. The van der Waals surface area contributed by atoms with Gasteiger partial charge in [0.25, 0.3) is 0 Å². The zero-order valence-corrected chi connectivity index (χ0v) is 12.4. The van der Waals surface area contributed by atoms with Crippen molar-refractivity contribution < 1.29 is 14.3 Å². The molecule has 6 nitrogen and oxygen atoms in total. The highest BCUT2D eigenvalue weighted by atomic mass is 16.5. The van der Waals surface area contributed by atoms with E-state index in [1.807, 2.05) is 30.9 Å². The number of piperazine rings is 1. The molecule has 0 aromatic heterocycles. The quantitative estimate of drug-likeness (QED) is 0.475. The van der Waals surface area contributed by atoms with E-state index in [0.29, 0.717) is 18.8 Å². The molecule has 1 aromatic rings. The van der Waals surface area contributed by atoms with Gasteiger partial charge in [0.1, 0.15) is 5.75 Å². The van der Waals surface area contributed by atoms with E-state index in [-0.39, 0.29) is 18.4 Å². The molecule has 1 aromatic carbocycles. The van der Waals surface area contributed by atoms with Gasteiger partial charge in [-0.05, 0) is 44.5 Å². The maximum Gasteiger partial charge on any atom is 0.246 e. The number of benzene rings is 1. The van der Waals surface area contributed by atoms with Crippen LogP contribution < -0.4 is 15.8 Å². The van der Waals surface area contributed by atoms with E-state index >= 15 is 0 Å². The maximum atomic E-state index is 11.8. The first-order chi connectivity index (χ1) is 9.89. The molecule has 0 bridgehead atoms. The number of hydrogen-bond donors (Lipinski definition) is 2. The lowest BCUT2D eigenvalue weighted by Gasteiger charge is -2.40. The Balaban J connectivity index is 1.81. The Labute approximate surface area is 124 Å². The predicted molar refractivity (Wildman–Crippen MR) is 79.8 cm³/mol. The summed E-state index contributed by atoms with van der Waals surface area (Å²) in [5.74, 6) is 0.257. The Bertz CT molecular complexity index is 525. The van der Waals surface area contributed by atoms with E-state index < -0.39 is 5.54 Å². The molecule has 1 aliphatic heterocycles. The van der Waals surface area contributed by atoms with E-state index in [0.717, 1.165) is 12.2 Å². The number of nitrogens with two attached hydrogens (primary N) is 1. The van der Waals surface area contributed by atoms with Crippen LogP contribution in [0, 0.1) is 0 Å². The second-order valence-corrected chi connectivity index (χ2v) is 5.63. The fourth-order valence-corrected chi connectivity index (χ4v) is 2.20. The summed E-state index contributed by atoms with van der Waals surface area (Å²) in [5.41, 5.74) is 5.63. The van der Waals surface area contributed by atoms with Crippen molar-refractivity contribution in [2.24, 2.45) is 0 Å². The van der Waals surface area contributed by atoms with Crippen molar-refractivity contribution in [3.63, 3.8) is 0 Å². The number of carbonyl (C=O) groups excluding carboxylic acids is 2. The molecule has 2 amide bonds. The number of imide groups is 1. The van der Waals surface area contributed by atoms with Crippen LogP contribution in [0.5, 0.6) is 5.75 Å². The normalized spacial score (nSPS) is 18.4. The van der Waals surface area contributed by atoms with Crippen LogP contribution in [0.3, 0.4) is 0 Å². The second-order valence-electron chi connectivity index (χ2n) is 5.63. The van der Waals surface area contributed by atoms with E-state index in [2.05, 4.69) is 5.32 Å². The molecule has 0 aliphatic carbocycles. The molecule has 0 unspecified atom stereocenters. The van der Waals surface area contributed by atoms with Gasteiger partial charge >= 0.3 is 0 Å². The highest BCUT2D eigenvalue weighted by molar-refractivity contribution is 6.02. The van der Waals surface area contributed by atoms with Crippen molar-refractivity contribution in [1.82, 2.24) is 10.2 Å². The van der Waals surface area contributed by atoms with Crippen molar-refractivity contribution in [1.29, 1.82) is 0 Å². The van der Waals surface area contributed by atoms with Crippen LogP contribution >= 0.6 is 0 Å². The average Bonchev–Trinajstić information content (AvgIpc) is 2.42. The third kappa shape index (κ3) is 3.72. The zero-order chi connectivity index (χ0) is 15.5. The number of amides is 2. The number of anilines is 1. The average molecular weight is 291 g/mol. The summed E-state index contributed by atoms with van der Waals surface area (Å²) in [6.07, 6.45) is 0.731. The minimum Gasteiger partial charge on any atom is -0.494 e. The fraction of sp³-hybridized carbons (Fsp3) is 0.467. The first-order valence-electron chi connectivity index (χ1n) is 6.97. The summed E-state index contributed by atoms with van der Waals surface area (Å²) in [5, 5.41) is 2.36. The lowest BCUT2D eigenvalue weighted by Crippen LogP contribution is -2.64. The van der Waals surface area contributed by atoms with Gasteiger partial charge in [-0.3, -0.25) is 19.8 Å². The molecule has 0 spiro atoms. The highest BCUT2D eigenvalue weighted by Crippen LogP contribution is 2.18. The molecule has 3 N–H and O–H groups in total. The van der Waals surface area contributed by atoms with Gasteiger partial charge in [-0.25, -0.2) is 0 Å². The number of nitrogens with one attached hydrogen (secondary N) is 1. The lowest BCUT2D eigenvalue weighted by atomic mass is 9.98. The molecule has 0 atom stereocenters. The topological polar surface area (TPSA) is 84.7 Å². The maximum absolute atomic E-state index is 11.8. The zero-order valence-electron chi connectivity index (χ0n) is 12.4. The lowest BCUT2D eigenvalue weighted by molar-refractivity contribution is -0.145. The molecular formula is C15H21N3O3. The molecule has 2 rings (SSSR count). The summed E-state index contributed by atoms with van der Waals surface area (Å²) in [4.78, 5) is 25.1. The molecule has 1 fully saturated rings. The molecule has 1 heterocycles. The van der Waals surface area contributed by atoms with Gasteiger partial charge in [0.05, 0.1) is 18.7 Å². The number of carbonyl (C=O) groups is 2. The minimum atomic E-state index is -0.672. The number of hydrogen-bond acceptors (Lipinski definition) is 5. The van der Waals surface area contributed by atoms with Gasteiger partial charge in [0.2, 0.25) is 11.8 Å². The predicted octanol–water partition coefficient (Wildman–Crippen LogP) is 0.775. The Kier molecular flexibility index (Phi) is 4.47. The standard InChI is InChI=1S/C15H21N3O3/c1-15(2)14(20)17-13(19)10-18(15)8-3-9-21-12-6-4-11(16)5-7-12/h4-7H,3,8-10,16H2,1-2H3,(H,17,19,20). The Morgan fingerprint density at radius 1 is 1.29 bits per heavy atom. The van der Waals surface area contributed by atoms with Crippen LogP contribution in [0.2, 0.25) is 0 Å². The van der Waals surface area contributed by atoms with Crippen molar-refractivity contribution in [2.45, 2.75) is 25.8 Å². The highest BCUT2D eigenvalue weighted by Gasteiger charge is 2.40. The summed E-state index contributed by atoms with van der Waals surface area (Å²) in [7, 11) is 0. The fourth-order valence-electron chi connectivity index (χ4n) is 2.20. The van der Waals surface area contributed by atoms with Gasteiger partial charge in [-0.2, -0.15) is 0 Å². The summed E-state index contributed by atoms with van der Waals surface area (Å²) < 4.78 is 5.61. The SMILES string of the molecule is CC1(C)C(=O)NC(=O)CN1CCCOc1ccc(N)cc1. The third-order valence-corrected chi connectivity index (χ3v) is 3.65. The van der Waals surface area contributed by atoms with Crippen molar-refractivity contribution in [2.75, 3.05) is 25.4 Å². The van der Waals surface area contributed by atoms with Crippen molar-refractivity contribution in [3.05, 3.63) is 24.3 Å². The van der Waals surface area contributed by atoms with Gasteiger partial charge in [0.15, 0.2) is 0 Å². The molecule has 21 heavy (non-hydrogen) atoms. The van der Waals surface area contributed by atoms with Crippen LogP contribution in [-0.2, 0) is 9.59 Å². The smallest absolute Gasteiger partial charge is 0.246 e. The van der Waals surface area contributed by atoms with Crippen LogP contribution in [0.25, 0.3) is 0 Å². The molecule has 1 saturated heterocycles. The molecule has 0 saturated carbocycles. The number of nitrogen functional groups attached to an aromatic ring is 1. The number of nitrogens with zero attached hydrogens (tertiary/aromatic N) is 1. The Hall–Kier alpha value is -2.08.